The summed E-state index contributed by atoms with van der Waals surface area (Å²) in [5.41, 5.74) is 1.50. The Morgan fingerprint density at radius 3 is 2.69 bits per heavy atom. The second kappa shape index (κ2) is 5.38. The predicted octanol–water partition coefficient (Wildman–Crippen LogP) is 2.70. The van der Waals surface area contributed by atoms with Crippen LogP contribution in [0.1, 0.15) is 32.6 Å². The second-order valence-electron chi connectivity index (χ2n) is 3.94. The maximum absolute atomic E-state index is 11.9. The molecule has 13 heavy (non-hydrogen) atoms. The van der Waals surface area contributed by atoms with Crippen molar-refractivity contribution in [3.63, 3.8) is 0 Å². The van der Waals surface area contributed by atoms with Crippen LogP contribution in [0.15, 0.2) is 11.6 Å². The van der Waals surface area contributed by atoms with Gasteiger partial charge in [0.1, 0.15) is 0 Å². The number of aliphatic hydroxyl groups excluding tert-OH is 1. The molecule has 1 nitrogen and oxygen atoms in total. The Morgan fingerprint density at radius 2 is 2.23 bits per heavy atom. The summed E-state index contributed by atoms with van der Waals surface area (Å²) < 4.78 is 11.9. The summed E-state index contributed by atoms with van der Waals surface area (Å²) in [5.74, 6) is 1.17. The molecule has 1 rings (SSSR count). The van der Waals surface area contributed by atoms with Crippen molar-refractivity contribution in [2.45, 2.75) is 32.6 Å². The van der Waals surface area contributed by atoms with Gasteiger partial charge in [0.2, 0.25) is 0 Å². The Hall–Kier alpha value is -0.370. The molecule has 0 radical (unpaired) electrons. The zero-order valence-electron chi connectivity index (χ0n) is 8.30. The summed E-state index contributed by atoms with van der Waals surface area (Å²) in [6, 6.07) is 0. The molecule has 1 N–H and O–H groups in total. The van der Waals surface area contributed by atoms with Gasteiger partial charge < -0.3 is 5.11 Å². The fourth-order valence-corrected chi connectivity index (χ4v) is 1.76. The van der Waals surface area contributed by atoms with Gasteiger partial charge >= 0.3 is 0 Å². The van der Waals surface area contributed by atoms with Crippen LogP contribution in [-0.4, -0.2) is 18.4 Å². The maximum atomic E-state index is 11.9. The van der Waals surface area contributed by atoms with Crippen LogP contribution in [-0.2, 0) is 0 Å². The van der Waals surface area contributed by atoms with E-state index in [9.17, 15) is 4.39 Å². The molecule has 0 spiro atoms. The molecule has 76 valence electrons. The Morgan fingerprint density at radius 1 is 1.54 bits per heavy atom. The van der Waals surface area contributed by atoms with Crippen LogP contribution in [0.2, 0.25) is 0 Å². The van der Waals surface area contributed by atoms with E-state index in [2.05, 4.69) is 13.0 Å². The normalized spacial score (nSPS) is 22.7. The largest absolute Gasteiger partial charge is 0.396 e. The first-order valence-corrected chi connectivity index (χ1v) is 5.15. The van der Waals surface area contributed by atoms with Crippen molar-refractivity contribution in [3.8, 4) is 0 Å². The minimum atomic E-state index is -0.226. The van der Waals surface area contributed by atoms with E-state index in [0.29, 0.717) is 18.3 Å². The van der Waals surface area contributed by atoms with Gasteiger partial charge in [0.15, 0.2) is 0 Å². The molecular formula is C11H19FO. The van der Waals surface area contributed by atoms with Crippen LogP contribution in [0.5, 0.6) is 0 Å². The zero-order valence-corrected chi connectivity index (χ0v) is 8.30. The number of allylic oxidation sites excluding steroid dienone is 2. The Balaban J connectivity index is 2.17. The summed E-state index contributed by atoms with van der Waals surface area (Å²) in [6.45, 7) is 2.19. The quantitative estimate of drug-likeness (QED) is 0.606. The van der Waals surface area contributed by atoms with Gasteiger partial charge in [-0.15, -0.1) is 0 Å². The first-order valence-electron chi connectivity index (χ1n) is 5.15. The Bertz CT molecular complexity index is 177. The van der Waals surface area contributed by atoms with Crippen LogP contribution in [0.3, 0.4) is 0 Å². The SMILES string of the molecule is CC1C=C1CC(CCO)CCCF. The van der Waals surface area contributed by atoms with Crippen molar-refractivity contribution in [3.05, 3.63) is 11.6 Å². The van der Waals surface area contributed by atoms with Crippen LogP contribution < -0.4 is 0 Å². The van der Waals surface area contributed by atoms with Gasteiger partial charge in [0, 0.05) is 6.61 Å². The fraction of sp³-hybridized carbons (Fsp3) is 0.818. The van der Waals surface area contributed by atoms with Gasteiger partial charge in [0.05, 0.1) is 6.67 Å². The highest BCUT2D eigenvalue weighted by molar-refractivity contribution is 5.27. The van der Waals surface area contributed by atoms with Crippen molar-refractivity contribution in [2.75, 3.05) is 13.3 Å². The molecule has 0 saturated heterocycles. The molecule has 0 aromatic heterocycles. The van der Waals surface area contributed by atoms with Crippen LogP contribution >= 0.6 is 0 Å². The Kier molecular flexibility index (Phi) is 4.43. The molecule has 2 heteroatoms. The van der Waals surface area contributed by atoms with Crippen molar-refractivity contribution in [1.29, 1.82) is 0 Å². The molecule has 0 aliphatic heterocycles. The summed E-state index contributed by atoms with van der Waals surface area (Å²) in [7, 11) is 0. The van der Waals surface area contributed by atoms with E-state index in [0.717, 1.165) is 19.3 Å². The second-order valence-corrected chi connectivity index (χ2v) is 3.94. The molecule has 0 aromatic rings. The van der Waals surface area contributed by atoms with E-state index in [1.165, 1.54) is 5.57 Å². The van der Waals surface area contributed by atoms with Crippen molar-refractivity contribution in [2.24, 2.45) is 11.8 Å². The number of aliphatic hydroxyl groups is 1. The highest BCUT2D eigenvalue weighted by atomic mass is 19.1. The maximum Gasteiger partial charge on any atom is 0.0894 e. The lowest BCUT2D eigenvalue weighted by Gasteiger charge is -2.13. The standard InChI is InChI=1S/C11H19FO/c1-9-7-11(9)8-10(4-6-13)3-2-5-12/h7,9-10,13H,2-6,8H2,1H3. The highest BCUT2D eigenvalue weighted by Crippen LogP contribution is 2.35. The van der Waals surface area contributed by atoms with E-state index in [1.54, 1.807) is 0 Å². The lowest BCUT2D eigenvalue weighted by Crippen LogP contribution is -2.04. The lowest BCUT2D eigenvalue weighted by molar-refractivity contribution is 0.246. The fourth-order valence-electron chi connectivity index (χ4n) is 1.76. The van der Waals surface area contributed by atoms with Crippen molar-refractivity contribution >= 4 is 0 Å². The van der Waals surface area contributed by atoms with E-state index in [4.69, 9.17) is 5.11 Å². The number of halogens is 1. The predicted molar refractivity (Wildman–Crippen MR) is 52.3 cm³/mol. The van der Waals surface area contributed by atoms with Gasteiger partial charge in [-0.25, -0.2) is 0 Å². The number of hydrogen-bond acceptors (Lipinski definition) is 1. The zero-order chi connectivity index (χ0) is 9.68. The molecule has 0 bridgehead atoms. The summed E-state index contributed by atoms with van der Waals surface area (Å²) in [5, 5.41) is 8.82. The minimum absolute atomic E-state index is 0.226. The average molecular weight is 186 g/mol. The average Bonchev–Trinajstić information content (AvgIpc) is 2.78. The first-order chi connectivity index (χ1) is 6.27. The first kappa shape index (κ1) is 10.7. The third kappa shape index (κ3) is 3.90. The smallest absolute Gasteiger partial charge is 0.0894 e. The van der Waals surface area contributed by atoms with Crippen LogP contribution in [0.25, 0.3) is 0 Å². The molecular weight excluding hydrogens is 167 g/mol. The van der Waals surface area contributed by atoms with Crippen molar-refractivity contribution in [1.82, 2.24) is 0 Å². The third-order valence-electron chi connectivity index (χ3n) is 2.75. The summed E-state index contributed by atoms with van der Waals surface area (Å²) in [4.78, 5) is 0. The molecule has 2 unspecified atom stereocenters. The lowest BCUT2D eigenvalue weighted by atomic mass is 9.94. The van der Waals surface area contributed by atoms with E-state index >= 15 is 0 Å². The topological polar surface area (TPSA) is 20.2 Å². The van der Waals surface area contributed by atoms with Gasteiger partial charge in [0.25, 0.3) is 0 Å². The van der Waals surface area contributed by atoms with Crippen LogP contribution in [0.4, 0.5) is 4.39 Å². The molecule has 0 fully saturated rings. The molecule has 1 aliphatic rings. The molecule has 2 atom stereocenters. The molecule has 0 heterocycles. The molecule has 1 aliphatic carbocycles. The number of rotatable bonds is 7. The van der Waals surface area contributed by atoms with E-state index in [1.807, 2.05) is 0 Å². The molecule has 0 saturated carbocycles. The Labute approximate surface area is 79.7 Å². The number of alkyl halides is 1. The van der Waals surface area contributed by atoms with Crippen molar-refractivity contribution < 1.29 is 9.50 Å². The molecule has 0 amide bonds. The van der Waals surface area contributed by atoms with E-state index in [-0.39, 0.29) is 13.3 Å². The third-order valence-corrected chi connectivity index (χ3v) is 2.75. The summed E-state index contributed by atoms with van der Waals surface area (Å²) in [6.07, 6.45) is 5.71. The molecule has 0 aromatic carbocycles. The minimum Gasteiger partial charge on any atom is -0.396 e. The van der Waals surface area contributed by atoms with Gasteiger partial charge in [-0.3, -0.25) is 4.39 Å². The highest BCUT2D eigenvalue weighted by Gasteiger charge is 2.22. The van der Waals surface area contributed by atoms with E-state index < -0.39 is 0 Å². The van der Waals surface area contributed by atoms with Gasteiger partial charge in [-0.05, 0) is 37.5 Å². The van der Waals surface area contributed by atoms with Gasteiger partial charge in [-0.1, -0.05) is 18.6 Å². The summed E-state index contributed by atoms with van der Waals surface area (Å²) >= 11 is 0. The monoisotopic (exact) mass is 186 g/mol. The van der Waals surface area contributed by atoms with Crippen LogP contribution in [0, 0.1) is 11.8 Å². The number of hydrogen-bond donors (Lipinski definition) is 1. The van der Waals surface area contributed by atoms with Gasteiger partial charge in [-0.2, -0.15) is 0 Å².